The lowest BCUT2D eigenvalue weighted by atomic mass is 10.2. The van der Waals surface area contributed by atoms with Crippen molar-refractivity contribution in [3.63, 3.8) is 0 Å². The predicted octanol–water partition coefficient (Wildman–Crippen LogP) is 1.71. The molecule has 2 amide bonds. The van der Waals surface area contributed by atoms with E-state index in [9.17, 15) is 9.59 Å². The van der Waals surface area contributed by atoms with Gasteiger partial charge in [-0.25, -0.2) is 0 Å². The molecular formula is C13H19N3O3S. The maximum Gasteiger partial charge on any atom is 0.235 e. The van der Waals surface area contributed by atoms with E-state index in [1.54, 1.807) is 13.0 Å². The topological polar surface area (TPSA) is 84.2 Å². The molecule has 7 heteroatoms. The second-order valence-electron chi connectivity index (χ2n) is 4.91. The number of anilines is 1. The maximum absolute atomic E-state index is 11.7. The lowest BCUT2D eigenvalue weighted by Crippen LogP contribution is -2.34. The maximum atomic E-state index is 11.7. The molecule has 0 aromatic carbocycles. The Labute approximate surface area is 122 Å². The first-order valence-corrected chi connectivity index (χ1v) is 7.89. The molecule has 1 aromatic heterocycles. The van der Waals surface area contributed by atoms with Gasteiger partial charge in [0.2, 0.25) is 11.8 Å². The van der Waals surface area contributed by atoms with E-state index >= 15 is 0 Å². The molecule has 110 valence electrons. The number of carbonyl (C=O) groups is 2. The van der Waals surface area contributed by atoms with E-state index in [0.717, 1.165) is 12.8 Å². The minimum absolute atomic E-state index is 0.00646. The van der Waals surface area contributed by atoms with Crippen molar-refractivity contribution < 1.29 is 14.1 Å². The summed E-state index contributed by atoms with van der Waals surface area (Å²) in [6.45, 7) is 1.75. The van der Waals surface area contributed by atoms with Crippen LogP contribution in [0, 0.1) is 6.92 Å². The minimum Gasteiger partial charge on any atom is -0.360 e. The Balaban J connectivity index is 1.60. The first-order chi connectivity index (χ1) is 9.63. The number of thioether (sulfide) groups is 1. The minimum atomic E-state index is -0.183. The van der Waals surface area contributed by atoms with Crippen LogP contribution < -0.4 is 10.6 Å². The molecule has 1 fully saturated rings. The highest BCUT2D eigenvalue weighted by Crippen LogP contribution is 2.17. The Morgan fingerprint density at radius 1 is 1.35 bits per heavy atom. The molecule has 0 aliphatic heterocycles. The zero-order chi connectivity index (χ0) is 14.4. The summed E-state index contributed by atoms with van der Waals surface area (Å²) in [5, 5.41) is 9.27. The number of aryl methyl sites for hydroxylation is 1. The van der Waals surface area contributed by atoms with Crippen molar-refractivity contribution in [1.29, 1.82) is 0 Å². The van der Waals surface area contributed by atoms with Crippen molar-refractivity contribution in [3.05, 3.63) is 11.8 Å². The molecule has 1 aromatic rings. The predicted molar refractivity (Wildman–Crippen MR) is 77.6 cm³/mol. The van der Waals surface area contributed by atoms with Gasteiger partial charge in [-0.1, -0.05) is 18.0 Å². The smallest absolute Gasteiger partial charge is 0.235 e. The van der Waals surface area contributed by atoms with E-state index < -0.39 is 0 Å². The van der Waals surface area contributed by atoms with Crippen molar-refractivity contribution in [2.24, 2.45) is 0 Å². The first kappa shape index (κ1) is 14.9. The quantitative estimate of drug-likeness (QED) is 0.835. The summed E-state index contributed by atoms with van der Waals surface area (Å²) < 4.78 is 4.85. The second-order valence-corrected chi connectivity index (χ2v) is 5.90. The molecule has 0 saturated heterocycles. The average molecular weight is 297 g/mol. The Bertz CT molecular complexity index is 469. The third-order valence-corrected chi connectivity index (χ3v) is 4.01. The number of aromatic nitrogens is 1. The molecule has 6 nitrogen and oxygen atoms in total. The van der Waals surface area contributed by atoms with Crippen LogP contribution in [0.5, 0.6) is 0 Å². The Morgan fingerprint density at radius 2 is 2.05 bits per heavy atom. The van der Waals surface area contributed by atoms with Crippen LogP contribution >= 0.6 is 11.8 Å². The molecule has 1 heterocycles. The number of hydrogen-bond donors (Lipinski definition) is 2. The van der Waals surface area contributed by atoms with Gasteiger partial charge in [0.05, 0.1) is 11.5 Å². The van der Waals surface area contributed by atoms with Crippen molar-refractivity contribution in [3.8, 4) is 0 Å². The molecule has 1 saturated carbocycles. The SMILES string of the molecule is Cc1cc(NC(=O)CSCC(=O)NC2CCCC2)no1. The van der Waals surface area contributed by atoms with Crippen LogP contribution in [-0.4, -0.2) is 34.5 Å². The summed E-state index contributed by atoms with van der Waals surface area (Å²) in [5.41, 5.74) is 0. The van der Waals surface area contributed by atoms with Crippen LogP contribution in [0.3, 0.4) is 0 Å². The standard InChI is InChI=1S/C13H19N3O3S/c1-9-6-11(16-19-9)15-13(18)8-20-7-12(17)14-10-4-2-3-5-10/h6,10H,2-5,7-8H2,1H3,(H,14,17)(H,15,16,18). The van der Waals surface area contributed by atoms with Crippen molar-refractivity contribution in [2.45, 2.75) is 38.6 Å². The number of nitrogens with zero attached hydrogens (tertiary/aromatic N) is 1. The van der Waals surface area contributed by atoms with Gasteiger partial charge < -0.3 is 15.2 Å². The van der Waals surface area contributed by atoms with E-state index in [0.29, 0.717) is 23.4 Å². The summed E-state index contributed by atoms with van der Waals surface area (Å²) in [6.07, 6.45) is 4.53. The number of rotatable bonds is 6. The molecule has 0 bridgehead atoms. The van der Waals surface area contributed by atoms with Gasteiger partial charge in [-0.15, -0.1) is 11.8 Å². The van der Waals surface area contributed by atoms with E-state index in [-0.39, 0.29) is 17.6 Å². The van der Waals surface area contributed by atoms with Gasteiger partial charge in [0.25, 0.3) is 0 Å². The van der Waals surface area contributed by atoms with Gasteiger partial charge >= 0.3 is 0 Å². The van der Waals surface area contributed by atoms with Crippen molar-refractivity contribution in [2.75, 3.05) is 16.8 Å². The first-order valence-electron chi connectivity index (χ1n) is 6.74. The molecule has 2 N–H and O–H groups in total. The normalized spacial score (nSPS) is 15.2. The van der Waals surface area contributed by atoms with Gasteiger partial charge in [0.15, 0.2) is 5.82 Å². The fourth-order valence-electron chi connectivity index (χ4n) is 2.18. The highest BCUT2D eigenvalue weighted by atomic mass is 32.2. The number of amides is 2. The fourth-order valence-corrected chi connectivity index (χ4v) is 2.81. The van der Waals surface area contributed by atoms with Crippen molar-refractivity contribution >= 4 is 29.4 Å². The van der Waals surface area contributed by atoms with Gasteiger partial charge in [0, 0.05) is 12.1 Å². The number of nitrogens with one attached hydrogen (secondary N) is 2. The van der Waals surface area contributed by atoms with Crippen LogP contribution in [0.1, 0.15) is 31.4 Å². The van der Waals surface area contributed by atoms with E-state index in [1.807, 2.05) is 0 Å². The van der Waals surface area contributed by atoms with Crippen LogP contribution in [0.15, 0.2) is 10.6 Å². The molecule has 0 spiro atoms. The second kappa shape index (κ2) is 7.33. The summed E-state index contributed by atoms with van der Waals surface area (Å²) in [5.74, 6) is 1.41. The highest BCUT2D eigenvalue weighted by molar-refractivity contribution is 8.00. The van der Waals surface area contributed by atoms with Crippen LogP contribution in [0.2, 0.25) is 0 Å². The molecule has 1 aliphatic carbocycles. The molecule has 1 aliphatic rings. The average Bonchev–Trinajstić information content (AvgIpc) is 3.01. The van der Waals surface area contributed by atoms with Crippen LogP contribution in [0.25, 0.3) is 0 Å². The molecule has 2 rings (SSSR count). The van der Waals surface area contributed by atoms with Gasteiger partial charge in [0.1, 0.15) is 5.76 Å². The lowest BCUT2D eigenvalue weighted by Gasteiger charge is -2.11. The summed E-state index contributed by atoms with van der Waals surface area (Å²) >= 11 is 1.30. The molecule has 20 heavy (non-hydrogen) atoms. The molecule has 0 atom stereocenters. The molecular weight excluding hydrogens is 278 g/mol. The molecule has 0 radical (unpaired) electrons. The van der Waals surface area contributed by atoms with Gasteiger partial charge in [-0.05, 0) is 19.8 Å². The molecule has 0 unspecified atom stereocenters. The Hall–Kier alpha value is -1.50. The summed E-state index contributed by atoms with van der Waals surface area (Å²) in [6, 6.07) is 1.98. The van der Waals surface area contributed by atoms with Gasteiger partial charge in [-0.2, -0.15) is 0 Å². The Kier molecular flexibility index (Phi) is 5.46. The third kappa shape index (κ3) is 4.88. The zero-order valence-electron chi connectivity index (χ0n) is 11.5. The zero-order valence-corrected chi connectivity index (χ0v) is 12.3. The highest BCUT2D eigenvalue weighted by Gasteiger charge is 2.17. The van der Waals surface area contributed by atoms with E-state index in [2.05, 4.69) is 15.8 Å². The largest absolute Gasteiger partial charge is 0.360 e. The van der Waals surface area contributed by atoms with Crippen molar-refractivity contribution in [1.82, 2.24) is 10.5 Å². The number of carbonyl (C=O) groups excluding carboxylic acids is 2. The monoisotopic (exact) mass is 297 g/mol. The van der Waals surface area contributed by atoms with Crippen LogP contribution in [0.4, 0.5) is 5.82 Å². The fraction of sp³-hybridized carbons (Fsp3) is 0.615. The van der Waals surface area contributed by atoms with E-state index in [4.69, 9.17) is 4.52 Å². The van der Waals surface area contributed by atoms with E-state index in [1.165, 1.54) is 24.6 Å². The summed E-state index contributed by atoms with van der Waals surface area (Å²) in [7, 11) is 0. The lowest BCUT2D eigenvalue weighted by molar-refractivity contribution is -0.119. The van der Waals surface area contributed by atoms with Gasteiger partial charge in [-0.3, -0.25) is 9.59 Å². The third-order valence-electron chi connectivity index (χ3n) is 3.08. The number of hydrogen-bond acceptors (Lipinski definition) is 5. The van der Waals surface area contributed by atoms with Crippen LogP contribution in [-0.2, 0) is 9.59 Å². The Morgan fingerprint density at radius 3 is 2.70 bits per heavy atom. The summed E-state index contributed by atoms with van der Waals surface area (Å²) in [4.78, 5) is 23.3.